The number of carbonyl (C=O) groups excluding carboxylic acids is 2. The monoisotopic (exact) mass is 262 g/mol. The maximum Gasteiger partial charge on any atom is 0.311 e. The van der Waals surface area contributed by atoms with Gasteiger partial charge in [-0.2, -0.15) is 11.8 Å². The van der Waals surface area contributed by atoms with Crippen LogP contribution >= 0.6 is 11.8 Å². The maximum atomic E-state index is 11.2. The largest absolute Gasteiger partial charge is 0.463 e. The molecule has 0 unspecified atom stereocenters. The summed E-state index contributed by atoms with van der Waals surface area (Å²) in [6, 6.07) is 0. The third-order valence-electron chi connectivity index (χ3n) is 1.66. The Morgan fingerprint density at radius 1 is 1.47 bits per heavy atom. The van der Waals surface area contributed by atoms with E-state index in [1.165, 1.54) is 18.9 Å². The van der Waals surface area contributed by atoms with E-state index in [0.717, 1.165) is 5.75 Å². The summed E-state index contributed by atoms with van der Waals surface area (Å²) >= 11 is 1.49. The Balaban J connectivity index is 3.44. The fourth-order valence-electron chi connectivity index (χ4n) is 0.901. The van der Waals surface area contributed by atoms with Gasteiger partial charge in [0.25, 0.3) is 0 Å². The molecule has 0 aliphatic carbocycles. The first-order valence-electron chi connectivity index (χ1n) is 5.16. The second-order valence-electron chi connectivity index (χ2n) is 3.12. The van der Waals surface area contributed by atoms with Crippen LogP contribution in [0, 0.1) is 5.41 Å². The molecule has 0 radical (unpaired) electrons. The van der Waals surface area contributed by atoms with Gasteiger partial charge in [-0.05, 0) is 0 Å². The highest BCUT2D eigenvalue weighted by Crippen LogP contribution is 2.01. The number of hydrogen-bond donors (Lipinski definition) is 2. The molecule has 0 aliphatic heterocycles. The minimum absolute atomic E-state index is 0.0117. The van der Waals surface area contributed by atoms with Crippen LogP contribution in [0.25, 0.3) is 0 Å². The van der Waals surface area contributed by atoms with Crippen LogP contribution < -0.4 is 5.32 Å². The summed E-state index contributed by atoms with van der Waals surface area (Å²) in [5, 5.41) is 10.1. The molecule has 0 aromatic heterocycles. The molecule has 0 spiro atoms. The lowest BCUT2D eigenvalue weighted by Crippen LogP contribution is -2.17. The van der Waals surface area contributed by atoms with E-state index in [2.05, 4.69) is 5.32 Å². The standard InChI is InChI=1S/C10H18N2O4S/c1-15-3-4-16-10(14)6-9(11)7-17-5-2-12-8-13/h8,11H,2-7H2,1H3,(H,12,13). The third kappa shape index (κ3) is 11.2. The number of rotatable bonds is 11. The molecule has 0 saturated carbocycles. The number of carbonyl (C=O) groups is 2. The summed E-state index contributed by atoms with van der Waals surface area (Å²) in [5.41, 5.74) is 0.323. The number of esters is 1. The van der Waals surface area contributed by atoms with Crippen LogP contribution in [-0.4, -0.2) is 56.5 Å². The molecule has 2 N–H and O–H groups in total. The maximum absolute atomic E-state index is 11.2. The van der Waals surface area contributed by atoms with Crippen molar-refractivity contribution in [2.24, 2.45) is 0 Å². The molecule has 1 amide bonds. The first kappa shape index (κ1) is 15.9. The smallest absolute Gasteiger partial charge is 0.311 e. The molecule has 0 heterocycles. The van der Waals surface area contributed by atoms with Crippen molar-refractivity contribution in [2.75, 3.05) is 38.4 Å². The lowest BCUT2D eigenvalue weighted by molar-refractivity contribution is -0.143. The molecule has 0 atom stereocenters. The third-order valence-corrected chi connectivity index (χ3v) is 2.70. The van der Waals surface area contributed by atoms with E-state index < -0.39 is 5.97 Å². The van der Waals surface area contributed by atoms with Crippen LogP contribution in [0.1, 0.15) is 6.42 Å². The SMILES string of the molecule is COCCOC(=O)CC(=N)CSCCNC=O. The van der Waals surface area contributed by atoms with Gasteiger partial charge in [0.15, 0.2) is 0 Å². The molecule has 0 aliphatic rings. The Labute approximate surface area is 105 Å². The van der Waals surface area contributed by atoms with E-state index in [1.807, 2.05) is 0 Å². The van der Waals surface area contributed by atoms with Crippen molar-refractivity contribution < 1.29 is 19.1 Å². The van der Waals surface area contributed by atoms with Crippen molar-refractivity contribution in [3.8, 4) is 0 Å². The van der Waals surface area contributed by atoms with Gasteiger partial charge < -0.3 is 20.2 Å². The molecular weight excluding hydrogens is 244 g/mol. The number of thioether (sulfide) groups is 1. The molecule has 17 heavy (non-hydrogen) atoms. The molecule has 0 rings (SSSR count). The van der Waals surface area contributed by atoms with Crippen molar-refractivity contribution in [3.63, 3.8) is 0 Å². The second kappa shape index (κ2) is 11.4. The fourth-order valence-corrected chi connectivity index (χ4v) is 1.66. The zero-order chi connectivity index (χ0) is 12.9. The van der Waals surface area contributed by atoms with Gasteiger partial charge >= 0.3 is 5.97 Å². The minimum atomic E-state index is -0.404. The number of nitrogens with one attached hydrogen (secondary N) is 2. The van der Waals surface area contributed by atoms with Gasteiger partial charge in [0.1, 0.15) is 6.61 Å². The van der Waals surface area contributed by atoms with Gasteiger partial charge in [0.05, 0.1) is 13.0 Å². The Kier molecular flexibility index (Phi) is 10.7. The molecule has 7 heteroatoms. The molecule has 0 fully saturated rings. The van der Waals surface area contributed by atoms with Gasteiger partial charge in [0, 0.05) is 30.9 Å². The van der Waals surface area contributed by atoms with Crippen molar-refractivity contribution in [1.29, 1.82) is 5.41 Å². The highest BCUT2D eigenvalue weighted by atomic mass is 32.2. The first-order valence-corrected chi connectivity index (χ1v) is 6.31. The van der Waals surface area contributed by atoms with Crippen molar-refractivity contribution in [3.05, 3.63) is 0 Å². The van der Waals surface area contributed by atoms with Crippen molar-refractivity contribution in [1.82, 2.24) is 5.32 Å². The minimum Gasteiger partial charge on any atom is -0.463 e. The highest BCUT2D eigenvalue weighted by molar-refractivity contribution is 7.99. The first-order chi connectivity index (χ1) is 8.20. The van der Waals surface area contributed by atoms with Crippen LogP contribution in [0.4, 0.5) is 0 Å². The van der Waals surface area contributed by atoms with Crippen LogP contribution in [0.2, 0.25) is 0 Å². The zero-order valence-corrected chi connectivity index (χ0v) is 10.7. The summed E-state index contributed by atoms with van der Waals surface area (Å²) < 4.78 is 9.55. The summed E-state index contributed by atoms with van der Waals surface area (Å²) in [7, 11) is 1.53. The van der Waals surface area contributed by atoms with Crippen molar-refractivity contribution in [2.45, 2.75) is 6.42 Å². The highest BCUT2D eigenvalue weighted by Gasteiger charge is 2.07. The van der Waals surface area contributed by atoms with E-state index in [0.29, 0.717) is 31.0 Å². The van der Waals surface area contributed by atoms with Crippen LogP contribution in [0.15, 0.2) is 0 Å². The molecule has 6 nitrogen and oxygen atoms in total. The summed E-state index contributed by atoms with van der Waals surface area (Å²) in [4.78, 5) is 21.1. The van der Waals surface area contributed by atoms with E-state index in [1.54, 1.807) is 0 Å². The molecular formula is C10H18N2O4S. The molecule has 98 valence electrons. The van der Waals surface area contributed by atoms with E-state index in [-0.39, 0.29) is 13.0 Å². The number of amides is 1. The quantitative estimate of drug-likeness (QED) is 0.238. The van der Waals surface area contributed by atoms with Gasteiger partial charge in [-0.1, -0.05) is 0 Å². The Hall–Kier alpha value is -1.08. The van der Waals surface area contributed by atoms with Crippen LogP contribution in [0.3, 0.4) is 0 Å². The van der Waals surface area contributed by atoms with Crippen LogP contribution in [0.5, 0.6) is 0 Å². The molecule has 0 bridgehead atoms. The zero-order valence-electron chi connectivity index (χ0n) is 9.86. The van der Waals surface area contributed by atoms with Crippen LogP contribution in [-0.2, 0) is 19.1 Å². The average molecular weight is 262 g/mol. The van der Waals surface area contributed by atoms with E-state index >= 15 is 0 Å². The normalized spacial score (nSPS) is 9.71. The van der Waals surface area contributed by atoms with Gasteiger partial charge in [-0.3, -0.25) is 9.59 Å². The second-order valence-corrected chi connectivity index (χ2v) is 4.22. The number of methoxy groups -OCH3 is 1. The predicted octanol–water partition coefficient (Wildman–Crippen LogP) is 0.0651. The lowest BCUT2D eigenvalue weighted by Gasteiger charge is -2.05. The predicted molar refractivity (Wildman–Crippen MR) is 66.6 cm³/mol. The summed E-state index contributed by atoms with van der Waals surface area (Å²) in [6.45, 7) is 1.16. The van der Waals surface area contributed by atoms with Gasteiger partial charge in [0.2, 0.25) is 6.41 Å². The van der Waals surface area contributed by atoms with Gasteiger partial charge in [-0.25, -0.2) is 0 Å². The van der Waals surface area contributed by atoms with Gasteiger partial charge in [-0.15, -0.1) is 0 Å². The van der Waals surface area contributed by atoms with E-state index in [9.17, 15) is 9.59 Å². The Morgan fingerprint density at radius 2 is 2.24 bits per heavy atom. The average Bonchev–Trinajstić information content (AvgIpc) is 2.29. The molecule has 0 aromatic carbocycles. The summed E-state index contributed by atoms with van der Waals surface area (Å²) in [6.07, 6.45) is 0.650. The lowest BCUT2D eigenvalue weighted by atomic mass is 10.3. The number of hydrogen-bond acceptors (Lipinski definition) is 6. The molecule has 0 saturated heterocycles. The summed E-state index contributed by atoms with van der Waals surface area (Å²) in [5.74, 6) is 0.790. The number of ether oxygens (including phenoxy) is 2. The van der Waals surface area contributed by atoms with E-state index in [4.69, 9.17) is 14.9 Å². The van der Waals surface area contributed by atoms with Crippen molar-refractivity contribution >= 4 is 29.9 Å². The molecule has 0 aromatic rings. The topological polar surface area (TPSA) is 88.5 Å². The Morgan fingerprint density at radius 3 is 2.88 bits per heavy atom. The fraction of sp³-hybridized carbons (Fsp3) is 0.700. The Bertz CT molecular complexity index is 248.